The highest BCUT2D eigenvalue weighted by Gasteiger charge is 2.24. The zero-order valence-corrected chi connectivity index (χ0v) is 13.5. The molecule has 6 nitrogen and oxygen atoms in total. The fourth-order valence-corrected chi connectivity index (χ4v) is 3.28. The van der Waals surface area contributed by atoms with Gasteiger partial charge in [0, 0.05) is 19.2 Å². The molecule has 0 aliphatic rings. The van der Waals surface area contributed by atoms with Crippen molar-refractivity contribution in [3.8, 4) is 0 Å². The summed E-state index contributed by atoms with van der Waals surface area (Å²) in [6.45, 7) is 1.98. The van der Waals surface area contributed by atoms with Crippen molar-refractivity contribution < 1.29 is 17.9 Å². The molecule has 0 radical (unpaired) electrons. The van der Waals surface area contributed by atoms with Gasteiger partial charge in [-0.25, -0.2) is 12.7 Å². The fourth-order valence-electron chi connectivity index (χ4n) is 1.67. The highest BCUT2D eigenvalue weighted by molar-refractivity contribution is 7.89. The van der Waals surface area contributed by atoms with Gasteiger partial charge in [0.05, 0.1) is 17.9 Å². The molecule has 0 aliphatic carbocycles. The van der Waals surface area contributed by atoms with Crippen molar-refractivity contribution in [1.29, 1.82) is 0 Å². The molecule has 0 saturated carbocycles. The lowest BCUT2D eigenvalue weighted by atomic mass is 10.2. The second-order valence-corrected chi connectivity index (χ2v) is 6.70. The first-order valence-electron chi connectivity index (χ1n) is 6.31. The molecule has 0 bridgehead atoms. The Morgan fingerprint density at radius 3 is 2.57 bits per heavy atom. The summed E-state index contributed by atoms with van der Waals surface area (Å²) < 4.78 is 30.8. The Labute approximate surface area is 129 Å². The summed E-state index contributed by atoms with van der Waals surface area (Å²) in [5.41, 5.74) is 5.83. The number of thiocarbonyl (C=S) groups is 1. The van der Waals surface area contributed by atoms with Crippen LogP contribution in [-0.4, -0.2) is 43.9 Å². The van der Waals surface area contributed by atoms with Crippen LogP contribution in [0.15, 0.2) is 29.2 Å². The molecule has 0 saturated heterocycles. The number of hydrogen-bond acceptors (Lipinski definition) is 5. The first kappa shape index (κ1) is 17.5. The van der Waals surface area contributed by atoms with E-state index in [0.29, 0.717) is 0 Å². The summed E-state index contributed by atoms with van der Waals surface area (Å²) >= 11 is 4.87. The summed E-state index contributed by atoms with van der Waals surface area (Å²) in [6.07, 6.45) is -0.0151. The van der Waals surface area contributed by atoms with Crippen LogP contribution in [0.3, 0.4) is 0 Å². The van der Waals surface area contributed by atoms with Crippen LogP contribution in [0.5, 0.6) is 0 Å². The molecule has 0 heterocycles. The molecule has 0 amide bonds. The molecule has 1 aromatic rings. The van der Waals surface area contributed by atoms with Gasteiger partial charge in [-0.05, 0) is 13.0 Å². The van der Waals surface area contributed by atoms with Crippen LogP contribution in [-0.2, 0) is 19.6 Å². The topological polar surface area (TPSA) is 89.7 Å². The number of benzene rings is 1. The Morgan fingerprint density at radius 2 is 2.00 bits per heavy atom. The smallest absolute Gasteiger partial charge is 0.307 e. The van der Waals surface area contributed by atoms with Gasteiger partial charge in [-0.15, -0.1) is 0 Å². The number of hydrogen-bond donors (Lipinski definition) is 1. The Hall–Kier alpha value is -1.51. The van der Waals surface area contributed by atoms with Crippen molar-refractivity contribution in [1.82, 2.24) is 4.31 Å². The van der Waals surface area contributed by atoms with Crippen LogP contribution in [0.25, 0.3) is 0 Å². The average Bonchev–Trinajstić information content (AvgIpc) is 2.44. The van der Waals surface area contributed by atoms with Crippen LogP contribution >= 0.6 is 12.2 Å². The molecule has 0 fully saturated rings. The van der Waals surface area contributed by atoms with Gasteiger partial charge in [0.25, 0.3) is 0 Å². The third kappa shape index (κ3) is 4.48. The van der Waals surface area contributed by atoms with E-state index in [1.54, 1.807) is 25.1 Å². The molecule has 116 valence electrons. The van der Waals surface area contributed by atoms with E-state index in [1.165, 1.54) is 13.1 Å². The Kier molecular flexibility index (Phi) is 6.25. The predicted molar refractivity (Wildman–Crippen MR) is 83.4 cm³/mol. The van der Waals surface area contributed by atoms with Gasteiger partial charge < -0.3 is 10.5 Å². The summed E-state index contributed by atoms with van der Waals surface area (Å²) in [5, 5.41) is 0. The molecule has 0 unspecified atom stereocenters. The molecular formula is C13H18N2O4S2. The maximum atomic E-state index is 12.5. The second-order valence-electron chi connectivity index (χ2n) is 4.24. The van der Waals surface area contributed by atoms with E-state index in [4.69, 9.17) is 22.7 Å². The van der Waals surface area contributed by atoms with Crippen molar-refractivity contribution in [2.45, 2.75) is 18.2 Å². The fraction of sp³-hybridized carbons (Fsp3) is 0.385. The zero-order chi connectivity index (χ0) is 16.0. The summed E-state index contributed by atoms with van der Waals surface area (Å²) in [5.74, 6) is -0.442. The predicted octanol–water partition coefficient (Wildman–Crippen LogP) is 0.894. The van der Waals surface area contributed by atoms with E-state index in [1.807, 2.05) is 0 Å². The lowest BCUT2D eigenvalue weighted by Gasteiger charge is -2.18. The minimum Gasteiger partial charge on any atom is -0.466 e. The number of nitrogens with zero attached hydrogens (tertiary/aromatic N) is 1. The van der Waals surface area contributed by atoms with Crippen LogP contribution < -0.4 is 5.73 Å². The van der Waals surface area contributed by atoms with Gasteiger partial charge in [0.2, 0.25) is 10.0 Å². The van der Waals surface area contributed by atoms with Gasteiger partial charge >= 0.3 is 5.97 Å². The van der Waals surface area contributed by atoms with E-state index in [9.17, 15) is 13.2 Å². The van der Waals surface area contributed by atoms with Gasteiger partial charge in [-0.2, -0.15) is 0 Å². The van der Waals surface area contributed by atoms with Crippen molar-refractivity contribution in [2.75, 3.05) is 20.2 Å². The molecule has 2 N–H and O–H groups in total. The van der Waals surface area contributed by atoms with Crippen LogP contribution in [0.4, 0.5) is 0 Å². The highest BCUT2D eigenvalue weighted by atomic mass is 32.2. The largest absolute Gasteiger partial charge is 0.466 e. The first-order chi connectivity index (χ1) is 9.80. The van der Waals surface area contributed by atoms with Crippen molar-refractivity contribution in [3.63, 3.8) is 0 Å². The van der Waals surface area contributed by atoms with E-state index in [-0.39, 0.29) is 35.0 Å². The van der Waals surface area contributed by atoms with Crippen LogP contribution in [0, 0.1) is 0 Å². The SMILES string of the molecule is CCOC(=O)CCN(C)S(=O)(=O)c1ccccc1C(N)=S. The molecular weight excluding hydrogens is 312 g/mol. The number of nitrogens with two attached hydrogens (primary N) is 1. The lowest BCUT2D eigenvalue weighted by Crippen LogP contribution is -2.31. The number of rotatable bonds is 7. The maximum absolute atomic E-state index is 12.5. The second kappa shape index (κ2) is 7.48. The number of carbonyl (C=O) groups is 1. The quantitative estimate of drug-likeness (QED) is 0.590. The number of esters is 1. The van der Waals surface area contributed by atoms with Crippen molar-refractivity contribution in [2.24, 2.45) is 5.73 Å². The van der Waals surface area contributed by atoms with E-state index < -0.39 is 16.0 Å². The number of sulfonamides is 1. The maximum Gasteiger partial charge on any atom is 0.307 e. The first-order valence-corrected chi connectivity index (χ1v) is 8.16. The Bertz CT molecular complexity index is 629. The minimum atomic E-state index is -3.77. The molecule has 0 spiro atoms. The van der Waals surface area contributed by atoms with Gasteiger partial charge in [-0.1, -0.05) is 30.4 Å². The molecule has 1 aromatic carbocycles. The van der Waals surface area contributed by atoms with Gasteiger partial charge in [-0.3, -0.25) is 4.79 Å². The third-order valence-electron chi connectivity index (χ3n) is 2.78. The summed E-state index contributed by atoms with van der Waals surface area (Å²) in [4.78, 5) is 11.3. The Morgan fingerprint density at radius 1 is 1.38 bits per heavy atom. The minimum absolute atomic E-state index is 0.00738. The van der Waals surface area contributed by atoms with E-state index >= 15 is 0 Å². The number of ether oxygens (including phenoxy) is 1. The van der Waals surface area contributed by atoms with Crippen LogP contribution in [0.1, 0.15) is 18.9 Å². The standard InChI is InChI=1S/C13H18N2O4S2/c1-3-19-12(16)8-9-15(2)21(17,18)11-7-5-4-6-10(11)13(14)20/h4-7H,3,8-9H2,1-2H3,(H2,14,20). The lowest BCUT2D eigenvalue weighted by molar-refractivity contribution is -0.143. The Balaban J connectivity index is 2.95. The molecule has 0 aromatic heterocycles. The van der Waals surface area contributed by atoms with Gasteiger partial charge in [0.15, 0.2) is 0 Å². The highest BCUT2D eigenvalue weighted by Crippen LogP contribution is 2.19. The van der Waals surface area contributed by atoms with Gasteiger partial charge in [0.1, 0.15) is 4.99 Å². The summed E-state index contributed by atoms with van der Waals surface area (Å²) in [7, 11) is -2.37. The normalized spacial score (nSPS) is 11.4. The molecule has 1 rings (SSSR count). The monoisotopic (exact) mass is 330 g/mol. The third-order valence-corrected chi connectivity index (χ3v) is 4.91. The molecule has 0 atom stereocenters. The van der Waals surface area contributed by atoms with E-state index in [0.717, 1.165) is 4.31 Å². The molecule has 21 heavy (non-hydrogen) atoms. The van der Waals surface area contributed by atoms with Crippen molar-refractivity contribution >= 4 is 33.2 Å². The zero-order valence-electron chi connectivity index (χ0n) is 11.9. The van der Waals surface area contributed by atoms with Crippen molar-refractivity contribution in [3.05, 3.63) is 29.8 Å². The summed E-state index contributed by atoms with van der Waals surface area (Å²) in [6, 6.07) is 6.24. The average molecular weight is 330 g/mol. The van der Waals surface area contributed by atoms with E-state index in [2.05, 4.69) is 0 Å². The van der Waals surface area contributed by atoms with Crippen LogP contribution in [0.2, 0.25) is 0 Å². The molecule has 8 heteroatoms. The number of carbonyl (C=O) groups excluding carboxylic acids is 1. The molecule has 0 aliphatic heterocycles.